The van der Waals surface area contributed by atoms with Crippen LogP contribution in [-0.4, -0.2) is 25.3 Å². The Morgan fingerprint density at radius 1 is 1.42 bits per heavy atom. The molecule has 3 aromatic rings. The van der Waals surface area contributed by atoms with E-state index in [4.69, 9.17) is 11.6 Å². The van der Waals surface area contributed by atoms with Gasteiger partial charge in [-0.2, -0.15) is 5.10 Å². The Balaban J connectivity index is 1.60. The molecule has 0 aromatic carbocycles. The van der Waals surface area contributed by atoms with Gasteiger partial charge in [0.1, 0.15) is 5.02 Å². The number of aromatic nitrogens is 4. The summed E-state index contributed by atoms with van der Waals surface area (Å²) in [6.45, 7) is 1.74. The average molecular weight is 362 g/mol. The molecule has 0 aliphatic heterocycles. The third-order valence-electron chi connectivity index (χ3n) is 3.86. The number of aromatic amines is 1. The average Bonchev–Trinajstić information content (AvgIpc) is 3.10. The fraction of sp³-hybridized carbons (Fsp3) is 0.312. The summed E-state index contributed by atoms with van der Waals surface area (Å²) in [4.78, 5) is 10.5. The zero-order chi connectivity index (χ0) is 16.7. The molecule has 0 saturated heterocycles. The molecule has 0 spiro atoms. The molecular weight excluding hydrogens is 346 g/mol. The smallest absolute Gasteiger partial charge is 0.171 e. The van der Waals surface area contributed by atoms with Gasteiger partial charge in [-0.3, -0.25) is 5.10 Å². The highest BCUT2D eigenvalue weighted by Gasteiger charge is 2.25. The van der Waals surface area contributed by atoms with Gasteiger partial charge in [-0.15, -0.1) is 11.3 Å². The first-order valence-corrected chi connectivity index (χ1v) is 8.92. The summed E-state index contributed by atoms with van der Waals surface area (Å²) in [6.07, 6.45) is 3.50. The van der Waals surface area contributed by atoms with E-state index in [1.165, 1.54) is 24.2 Å². The Hall–Kier alpha value is -1.96. The van der Waals surface area contributed by atoms with E-state index in [0.29, 0.717) is 28.4 Å². The summed E-state index contributed by atoms with van der Waals surface area (Å²) < 4.78 is 0. The largest absolute Gasteiger partial charge is 0.388 e. The topological polar surface area (TPSA) is 86.7 Å². The van der Waals surface area contributed by atoms with Crippen molar-refractivity contribution in [2.24, 2.45) is 0 Å². The molecule has 1 saturated carbocycles. The zero-order valence-corrected chi connectivity index (χ0v) is 14.5. The fourth-order valence-corrected chi connectivity index (χ4v) is 3.42. The highest BCUT2D eigenvalue weighted by molar-refractivity contribution is 7.15. The molecule has 4 rings (SSSR count). The van der Waals surface area contributed by atoms with Crippen molar-refractivity contribution in [2.45, 2.75) is 31.8 Å². The summed E-state index contributed by atoms with van der Waals surface area (Å²) in [5.74, 6) is 2.38. The van der Waals surface area contributed by atoms with Crippen LogP contribution >= 0.6 is 22.9 Å². The highest BCUT2D eigenvalue weighted by atomic mass is 35.5. The predicted molar refractivity (Wildman–Crippen MR) is 94.8 cm³/mol. The zero-order valence-electron chi connectivity index (χ0n) is 13.0. The summed E-state index contributed by atoms with van der Waals surface area (Å²) in [5, 5.41) is 20.5. The van der Waals surface area contributed by atoms with Gasteiger partial charge in [-0.1, -0.05) is 11.6 Å². The van der Waals surface area contributed by atoms with Crippen molar-refractivity contribution in [3.63, 3.8) is 0 Å². The predicted octanol–water partition coefficient (Wildman–Crippen LogP) is 4.26. The molecule has 3 N–H and O–H groups in total. The SMILES string of the molecule is CC(O)c1ccc(-c2ncc(Cl)c(Nc3cc(C4CC4)[nH]n3)n2)s1. The number of aliphatic hydroxyl groups is 1. The monoisotopic (exact) mass is 361 g/mol. The van der Waals surface area contributed by atoms with Crippen LogP contribution in [-0.2, 0) is 0 Å². The third-order valence-corrected chi connectivity index (χ3v) is 5.39. The number of rotatable bonds is 5. The molecule has 124 valence electrons. The third kappa shape index (κ3) is 3.15. The number of H-pyrrole nitrogens is 1. The second-order valence-electron chi connectivity index (χ2n) is 5.88. The lowest BCUT2D eigenvalue weighted by molar-refractivity contribution is 0.203. The van der Waals surface area contributed by atoms with Gasteiger partial charge in [0.2, 0.25) is 0 Å². The number of nitrogens with one attached hydrogen (secondary N) is 2. The number of aliphatic hydroxyl groups excluding tert-OH is 1. The van der Waals surface area contributed by atoms with Gasteiger partial charge in [0.05, 0.1) is 17.2 Å². The summed E-state index contributed by atoms with van der Waals surface area (Å²) >= 11 is 7.67. The Kier molecular flexibility index (Phi) is 3.99. The normalized spacial score (nSPS) is 15.5. The molecule has 1 atom stereocenters. The van der Waals surface area contributed by atoms with Gasteiger partial charge in [-0.05, 0) is 31.9 Å². The quantitative estimate of drug-likeness (QED) is 0.632. The first-order valence-electron chi connectivity index (χ1n) is 7.73. The van der Waals surface area contributed by atoms with Crippen molar-refractivity contribution in [1.82, 2.24) is 20.2 Å². The Labute approximate surface area is 147 Å². The maximum Gasteiger partial charge on any atom is 0.171 e. The lowest BCUT2D eigenvalue weighted by atomic mass is 10.3. The Bertz CT molecular complexity index is 871. The van der Waals surface area contributed by atoms with E-state index < -0.39 is 6.10 Å². The molecule has 8 heteroatoms. The lowest BCUT2D eigenvalue weighted by Gasteiger charge is -2.05. The second kappa shape index (κ2) is 6.16. The van der Waals surface area contributed by atoms with Crippen LogP contribution < -0.4 is 5.32 Å². The first kappa shape index (κ1) is 15.6. The van der Waals surface area contributed by atoms with Crippen LogP contribution in [0.3, 0.4) is 0 Å². The van der Waals surface area contributed by atoms with E-state index in [1.807, 2.05) is 18.2 Å². The molecule has 3 aromatic heterocycles. The standard InChI is InChI=1S/C16H16ClN5OS/c1-8(23)12-4-5-13(24-12)16-18-7-10(17)15(20-16)19-14-6-11(21-22-14)9-2-3-9/h4-9,23H,2-3H2,1H3,(H2,18,19,20,21,22). The summed E-state index contributed by atoms with van der Waals surface area (Å²) in [6, 6.07) is 5.78. The molecule has 0 amide bonds. The van der Waals surface area contributed by atoms with E-state index in [9.17, 15) is 5.11 Å². The van der Waals surface area contributed by atoms with Gasteiger partial charge in [0, 0.05) is 22.6 Å². The minimum atomic E-state index is -0.501. The molecular formula is C16H16ClN5OS. The van der Waals surface area contributed by atoms with Crippen LogP contribution in [0.15, 0.2) is 24.4 Å². The molecule has 1 aliphatic rings. The first-order chi connectivity index (χ1) is 11.6. The van der Waals surface area contributed by atoms with E-state index in [1.54, 1.807) is 13.1 Å². The molecule has 1 fully saturated rings. The maximum atomic E-state index is 9.65. The molecule has 6 nitrogen and oxygen atoms in total. The van der Waals surface area contributed by atoms with Crippen molar-refractivity contribution in [3.05, 3.63) is 40.0 Å². The van der Waals surface area contributed by atoms with Crippen LogP contribution in [0.4, 0.5) is 11.6 Å². The van der Waals surface area contributed by atoms with Crippen LogP contribution in [0.1, 0.15) is 42.4 Å². The lowest BCUT2D eigenvalue weighted by Crippen LogP contribution is -1.98. The van der Waals surface area contributed by atoms with Gasteiger partial charge in [-0.25, -0.2) is 9.97 Å². The Morgan fingerprint density at radius 3 is 2.96 bits per heavy atom. The Morgan fingerprint density at radius 2 is 2.25 bits per heavy atom. The van der Waals surface area contributed by atoms with Crippen molar-refractivity contribution >= 4 is 34.6 Å². The minimum Gasteiger partial charge on any atom is -0.388 e. The van der Waals surface area contributed by atoms with Crippen LogP contribution in [0, 0.1) is 0 Å². The van der Waals surface area contributed by atoms with E-state index >= 15 is 0 Å². The van der Waals surface area contributed by atoms with Gasteiger partial charge < -0.3 is 10.4 Å². The molecule has 0 bridgehead atoms. The molecule has 1 unspecified atom stereocenters. The number of halogens is 1. The fourth-order valence-electron chi connectivity index (χ4n) is 2.40. The van der Waals surface area contributed by atoms with Gasteiger partial charge in [0.15, 0.2) is 17.5 Å². The second-order valence-corrected chi connectivity index (χ2v) is 7.40. The van der Waals surface area contributed by atoms with Gasteiger partial charge in [0.25, 0.3) is 0 Å². The van der Waals surface area contributed by atoms with Crippen molar-refractivity contribution in [3.8, 4) is 10.7 Å². The van der Waals surface area contributed by atoms with Crippen LogP contribution in [0.2, 0.25) is 5.02 Å². The molecule has 3 heterocycles. The highest BCUT2D eigenvalue weighted by Crippen LogP contribution is 2.40. The van der Waals surface area contributed by atoms with Crippen LogP contribution in [0.25, 0.3) is 10.7 Å². The summed E-state index contributed by atoms with van der Waals surface area (Å²) in [7, 11) is 0. The number of anilines is 2. The van der Waals surface area contributed by atoms with E-state index in [2.05, 4.69) is 25.5 Å². The molecule has 24 heavy (non-hydrogen) atoms. The maximum absolute atomic E-state index is 9.65. The molecule has 0 radical (unpaired) electrons. The van der Waals surface area contributed by atoms with E-state index in [-0.39, 0.29) is 0 Å². The molecule has 1 aliphatic carbocycles. The number of nitrogens with zero attached hydrogens (tertiary/aromatic N) is 3. The number of hydrogen-bond acceptors (Lipinski definition) is 6. The number of thiophene rings is 1. The minimum absolute atomic E-state index is 0.432. The van der Waals surface area contributed by atoms with Crippen molar-refractivity contribution in [1.29, 1.82) is 0 Å². The van der Waals surface area contributed by atoms with Gasteiger partial charge >= 0.3 is 0 Å². The van der Waals surface area contributed by atoms with Crippen LogP contribution in [0.5, 0.6) is 0 Å². The summed E-state index contributed by atoms with van der Waals surface area (Å²) in [5.41, 5.74) is 1.14. The van der Waals surface area contributed by atoms with Crippen molar-refractivity contribution < 1.29 is 5.11 Å². The van der Waals surface area contributed by atoms with E-state index in [0.717, 1.165) is 15.4 Å². The number of hydrogen-bond donors (Lipinski definition) is 3. The van der Waals surface area contributed by atoms with Crippen molar-refractivity contribution in [2.75, 3.05) is 5.32 Å².